The van der Waals surface area contributed by atoms with Crippen LogP contribution in [0.5, 0.6) is 0 Å². The molecule has 0 spiro atoms. The van der Waals surface area contributed by atoms with Crippen LogP contribution in [0.2, 0.25) is 0 Å². The maximum atomic E-state index is 13.5. The van der Waals surface area contributed by atoms with E-state index >= 15 is 0 Å². The number of hydrogen-bond donors (Lipinski definition) is 1. The lowest BCUT2D eigenvalue weighted by molar-refractivity contribution is 0.0696. The van der Waals surface area contributed by atoms with Gasteiger partial charge in [0.05, 0.1) is 5.56 Å². The minimum Gasteiger partial charge on any atom is -0.478 e. The number of thioether (sulfide) groups is 1. The molecule has 2 aromatic rings. The molecular weight excluding hydrogens is 289 g/mol. The van der Waals surface area contributed by atoms with Crippen LogP contribution in [0.4, 0.5) is 13.2 Å². The molecule has 20 heavy (non-hydrogen) atoms. The number of rotatable bonds is 4. The van der Waals surface area contributed by atoms with Crippen LogP contribution in [0.3, 0.4) is 0 Å². The van der Waals surface area contributed by atoms with E-state index in [1.807, 2.05) is 0 Å². The third-order valence-electron chi connectivity index (χ3n) is 2.57. The molecule has 0 bridgehead atoms. The Morgan fingerprint density at radius 3 is 2.45 bits per heavy atom. The quantitative estimate of drug-likeness (QED) is 0.864. The molecule has 0 aliphatic heterocycles. The van der Waals surface area contributed by atoms with Crippen molar-refractivity contribution in [3.8, 4) is 0 Å². The Balaban J connectivity index is 2.20. The molecule has 0 saturated carbocycles. The van der Waals surface area contributed by atoms with Gasteiger partial charge in [-0.05, 0) is 36.4 Å². The van der Waals surface area contributed by atoms with Gasteiger partial charge in [0, 0.05) is 16.2 Å². The van der Waals surface area contributed by atoms with E-state index in [1.54, 1.807) is 0 Å². The molecule has 6 heteroatoms. The highest BCUT2D eigenvalue weighted by atomic mass is 32.2. The molecule has 0 aliphatic rings. The van der Waals surface area contributed by atoms with Gasteiger partial charge < -0.3 is 5.11 Å². The fourth-order valence-electron chi connectivity index (χ4n) is 1.56. The maximum absolute atomic E-state index is 13.5. The highest BCUT2D eigenvalue weighted by Gasteiger charge is 2.11. The van der Waals surface area contributed by atoms with E-state index in [0.29, 0.717) is 0 Å². The molecule has 0 unspecified atom stereocenters. The molecule has 0 amide bonds. The van der Waals surface area contributed by atoms with Gasteiger partial charge in [0.1, 0.15) is 17.5 Å². The molecular formula is C14H9F3O2S. The van der Waals surface area contributed by atoms with Crippen molar-refractivity contribution in [2.24, 2.45) is 0 Å². The summed E-state index contributed by atoms with van der Waals surface area (Å²) in [6.07, 6.45) is 0. The monoisotopic (exact) mass is 298 g/mol. The molecule has 1 N–H and O–H groups in total. The second-order valence-corrected chi connectivity index (χ2v) is 4.99. The van der Waals surface area contributed by atoms with E-state index in [0.717, 1.165) is 42.1 Å². The zero-order valence-electron chi connectivity index (χ0n) is 10.1. The number of carbonyl (C=O) groups is 1. The largest absolute Gasteiger partial charge is 0.478 e. The summed E-state index contributed by atoms with van der Waals surface area (Å²) >= 11 is 0.910. The SMILES string of the molecule is O=C(O)c1ccc(F)c(SCc2cc(F)ccc2F)c1. The van der Waals surface area contributed by atoms with Gasteiger partial charge in [-0.1, -0.05) is 0 Å². The number of carboxylic acid groups (broad SMARTS) is 1. The van der Waals surface area contributed by atoms with Gasteiger partial charge in [-0.25, -0.2) is 18.0 Å². The third-order valence-corrected chi connectivity index (χ3v) is 3.65. The summed E-state index contributed by atoms with van der Waals surface area (Å²) in [5, 5.41) is 8.82. The first-order chi connectivity index (χ1) is 9.47. The van der Waals surface area contributed by atoms with Crippen molar-refractivity contribution >= 4 is 17.7 Å². The fourth-order valence-corrected chi connectivity index (χ4v) is 2.50. The molecule has 2 nitrogen and oxygen atoms in total. The van der Waals surface area contributed by atoms with Crippen LogP contribution in [0.15, 0.2) is 41.3 Å². The number of halogens is 3. The van der Waals surface area contributed by atoms with E-state index < -0.39 is 23.4 Å². The van der Waals surface area contributed by atoms with Crippen molar-refractivity contribution in [2.75, 3.05) is 0 Å². The number of benzene rings is 2. The van der Waals surface area contributed by atoms with Crippen molar-refractivity contribution in [2.45, 2.75) is 10.6 Å². The Morgan fingerprint density at radius 1 is 1.05 bits per heavy atom. The van der Waals surface area contributed by atoms with Crippen molar-refractivity contribution in [3.63, 3.8) is 0 Å². The highest BCUT2D eigenvalue weighted by Crippen LogP contribution is 2.27. The van der Waals surface area contributed by atoms with Gasteiger partial charge in [0.15, 0.2) is 0 Å². The Kier molecular flexibility index (Phi) is 4.34. The smallest absolute Gasteiger partial charge is 0.335 e. The minimum atomic E-state index is -1.18. The lowest BCUT2D eigenvalue weighted by Gasteiger charge is -2.06. The molecule has 104 valence electrons. The number of carboxylic acids is 1. The molecule has 0 atom stereocenters. The zero-order valence-corrected chi connectivity index (χ0v) is 10.9. The van der Waals surface area contributed by atoms with Crippen molar-refractivity contribution < 1.29 is 23.1 Å². The first-order valence-electron chi connectivity index (χ1n) is 5.57. The molecule has 0 radical (unpaired) electrons. The first-order valence-corrected chi connectivity index (χ1v) is 6.55. The maximum Gasteiger partial charge on any atom is 0.335 e. The van der Waals surface area contributed by atoms with Gasteiger partial charge in [0.2, 0.25) is 0 Å². The standard InChI is InChI=1S/C14H9F3O2S/c15-10-2-4-11(16)9(5-10)7-20-13-6-8(14(18)19)1-3-12(13)17/h1-6H,7H2,(H,18,19). The predicted octanol–water partition coefficient (Wildman–Crippen LogP) is 4.09. The van der Waals surface area contributed by atoms with Gasteiger partial charge in [-0.2, -0.15) is 0 Å². The second kappa shape index (κ2) is 6.00. The summed E-state index contributed by atoms with van der Waals surface area (Å²) in [6, 6.07) is 6.36. The summed E-state index contributed by atoms with van der Waals surface area (Å²) in [7, 11) is 0. The number of aromatic carboxylic acids is 1. The summed E-state index contributed by atoms with van der Waals surface area (Å²) in [5.41, 5.74) is 0.0312. The van der Waals surface area contributed by atoms with Crippen LogP contribution in [0.1, 0.15) is 15.9 Å². The van der Waals surface area contributed by atoms with Crippen LogP contribution in [0, 0.1) is 17.5 Å². The highest BCUT2D eigenvalue weighted by molar-refractivity contribution is 7.98. The van der Waals surface area contributed by atoms with Crippen LogP contribution in [-0.4, -0.2) is 11.1 Å². The minimum absolute atomic E-state index is 0.00356. The van der Waals surface area contributed by atoms with Crippen molar-refractivity contribution in [1.82, 2.24) is 0 Å². The van der Waals surface area contributed by atoms with E-state index in [9.17, 15) is 18.0 Å². The molecule has 2 aromatic carbocycles. The van der Waals surface area contributed by atoms with Crippen LogP contribution < -0.4 is 0 Å². The van der Waals surface area contributed by atoms with E-state index in [2.05, 4.69) is 0 Å². The van der Waals surface area contributed by atoms with E-state index in [-0.39, 0.29) is 21.8 Å². The molecule has 0 saturated heterocycles. The summed E-state index contributed by atoms with van der Waals surface area (Å²) < 4.78 is 39.9. The topological polar surface area (TPSA) is 37.3 Å². The van der Waals surface area contributed by atoms with E-state index in [1.165, 1.54) is 6.07 Å². The summed E-state index contributed by atoms with van der Waals surface area (Å²) in [5.74, 6) is -2.94. The summed E-state index contributed by atoms with van der Waals surface area (Å²) in [4.78, 5) is 10.9. The van der Waals surface area contributed by atoms with Crippen LogP contribution >= 0.6 is 11.8 Å². The Labute approximate surface area is 117 Å². The average Bonchev–Trinajstić information content (AvgIpc) is 2.41. The predicted molar refractivity (Wildman–Crippen MR) is 69.3 cm³/mol. The Morgan fingerprint density at radius 2 is 1.75 bits per heavy atom. The van der Waals surface area contributed by atoms with Crippen LogP contribution in [-0.2, 0) is 5.75 Å². The first kappa shape index (κ1) is 14.5. The molecule has 0 heterocycles. The molecule has 0 aliphatic carbocycles. The normalized spacial score (nSPS) is 10.6. The lowest BCUT2D eigenvalue weighted by atomic mass is 10.2. The van der Waals surface area contributed by atoms with Gasteiger partial charge in [0.25, 0.3) is 0 Å². The molecule has 0 aromatic heterocycles. The van der Waals surface area contributed by atoms with Gasteiger partial charge in [-0.15, -0.1) is 11.8 Å². The van der Waals surface area contributed by atoms with Crippen LogP contribution in [0.25, 0.3) is 0 Å². The third kappa shape index (κ3) is 3.33. The fraction of sp³-hybridized carbons (Fsp3) is 0.0714. The lowest BCUT2D eigenvalue weighted by Crippen LogP contribution is -1.97. The van der Waals surface area contributed by atoms with E-state index in [4.69, 9.17) is 5.11 Å². The van der Waals surface area contributed by atoms with Gasteiger partial charge >= 0.3 is 5.97 Å². The summed E-state index contributed by atoms with van der Waals surface area (Å²) in [6.45, 7) is 0. The Hall–Kier alpha value is -1.95. The molecule has 2 rings (SSSR count). The average molecular weight is 298 g/mol. The molecule has 0 fully saturated rings. The number of hydrogen-bond acceptors (Lipinski definition) is 2. The second-order valence-electron chi connectivity index (χ2n) is 3.97. The van der Waals surface area contributed by atoms with Gasteiger partial charge in [-0.3, -0.25) is 0 Å². The van der Waals surface area contributed by atoms with Crippen molar-refractivity contribution in [3.05, 3.63) is 65.0 Å². The zero-order chi connectivity index (χ0) is 14.7. The van der Waals surface area contributed by atoms with Crippen molar-refractivity contribution in [1.29, 1.82) is 0 Å². The Bertz CT molecular complexity index is 659.